The van der Waals surface area contributed by atoms with E-state index in [0.29, 0.717) is 0 Å². The zero-order valence-corrected chi connectivity index (χ0v) is 14.5. The first-order valence-electron chi connectivity index (χ1n) is 7.81. The number of nitrogens with zero attached hydrogens (tertiary/aromatic N) is 3. The maximum atomic E-state index is 11.9. The second-order valence-corrected chi connectivity index (χ2v) is 4.90. The number of nitro groups is 1. The third kappa shape index (κ3) is 4.66. The van der Waals surface area contributed by atoms with Crippen molar-refractivity contribution in [3.05, 3.63) is 45.8 Å². The van der Waals surface area contributed by atoms with E-state index in [4.69, 9.17) is 19.9 Å². The molecule has 2 N–H and O–H groups in total. The summed E-state index contributed by atoms with van der Waals surface area (Å²) in [5.74, 6) is -1.92. The van der Waals surface area contributed by atoms with Gasteiger partial charge in [-0.1, -0.05) is 0 Å². The molecule has 0 aliphatic carbocycles. The van der Waals surface area contributed by atoms with Crippen LogP contribution in [0.3, 0.4) is 0 Å². The second kappa shape index (κ2) is 8.56. The van der Waals surface area contributed by atoms with Crippen LogP contribution in [0.2, 0.25) is 0 Å². The Balaban J connectivity index is 2.36. The highest BCUT2D eigenvalue weighted by molar-refractivity contribution is 5.93. The van der Waals surface area contributed by atoms with Gasteiger partial charge in [-0.25, -0.2) is 14.6 Å². The summed E-state index contributed by atoms with van der Waals surface area (Å²) in [5.41, 5.74) is 4.59. The summed E-state index contributed by atoms with van der Waals surface area (Å²) in [6.45, 7) is 3.34. The molecule has 0 spiro atoms. The molecule has 0 amide bonds. The van der Waals surface area contributed by atoms with Crippen molar-refractivity contribution in [1.29, 1.82) is 0 Å². The highest BCUT2D eigenvalue weighted by atomic mass is 16.6. The Bertz CT molecular complexity index is 885. The number of esters is 2. The standard InChI is InChI=1S/C16H16N4O7/c1-3-25-15(21)13-9(17)5-7-11(18-13)27-12-8-6-10(20(23)24)14(19-12)16(22)26-4-2/h5-8H,3-4,17H2,1-2H3. The SMILES string of the molecule is CCOC(=O)c1nc(Oc2ccc([N+](=O)[O-])c(C(=O)OCC)n2)ccc1N. The average Bonchev–Trinajstić information content (AvgIpc) is 2.63. The predicted molar refractivity (Wildman–Crippen MR) is 91.5 cm³/mol. The Labute approximate surface area is 153 Å². The van der Waals surface area contributed by atoms with E-state index in [9.17, 15) is 19.7 Å². The molecule has 11 heteroatoms. The number of aromatic nitrogens is 2. The van der Waals surface area contributed by atoms with Gasteiger partial charge in [-0.3, -0.25) is 10.1 Å². The number of carbonyl (C=O) groups excluding carboxylic acids is 2. The number of hydrogen-bond donors (Lipinski definition) is 1. The van der Waals surface area contributed by atoms with Gasteiger partial charge in [0.1, 0.15) is 0 Å². The highest BCUT2D eigenvalue weighted by Crippen LogP contribution is 2.25. The number of nitrogen functional groups attached to an aromatic ring is 1. The molecule has 0 aromatic carbocycles. The molecular weight excluding hydrogens is 360 g/mol. The number of carbonyl (C=O) groups is 2. The Morgan fingerprint density at radius 3 is 2.07 bits per heavy atom. The van der Waals surface area contributed by atoms with Crippen molar-refractivity contribution in [2.24, 2.45) is 0 Å². The van der Waals surface area contributed by atoms with Crippen molar-refractivity contribution < 1.29 is 28.7 Å². The lowest BCUT2D eigenvalue weighted by Gasteiger charge is -2.09. The normalized spacial score (nSPS) is 10.1. The number of nitrogens with two attached hydrogens (primary N) is 1. The minimum Gasteiger partial charge on any atom is -0.461 e. The van der Waals surface area contributed by atoms with Crippen molar-refractivity contribution in [2.75, 3.05) is 18.9 Å². The van der Waals surface area contributed by atoms with Gasteiger partial charge in [0.15, 0.2) is 5.69 Å². The maximum Gasteiger partial charge on any atom is 0.364 e. The monoisotopic (exact) mass is 376 g/mol. The highest BCUT2D eigenvalue weighted by Gasteiger charge is 2.24. The second-order valence-electron chi connectivity index (χ2n) is 4.90. The Kier molecular flexibility index (Phi) is 6.20. The van der Waals surface area contributed by atoms with Gasteiger partial charge in [-0.2, -0.15) is 4.98 Å². The Morgan fingerprint density at radius 2 is 1.52 bits per heavy atom. The number of pyridine rings is 2. The van der Waals surface area contributed by atoms with Gasteiger partial charge >= 0.3 is 17.6 Å². The van der Waals surface area contributed by atoms with Crippen molar-refractivity contribution >= 4 is 23.3 Å². The van der Waals surface area contributed by atoms with Gasteiger partial charge in [0.05, 0.1) is 23.8 Å². The van der Waals surface area contributed by atoms with Gasteiger partial charge in [0, 0.05) is 18.2 Å². The molecule has 2 heterocycles. The van der Waals surface area contributed by atoms with Crippen LogP contribution in [0.4, 0.5) is 11.4 Å². The molecule has 2 rings (SSSR count). The van der Waals surface area contributed by atoms with Crippen LogP contribution in [0.25, 0.3) is 0 Å². The maximum absolute atomic E-state index is 11.9. The fraction of sp³-hybridized carbons (Fsp3) is 0.250. The summed E-state index contributed by atoms with van der Waals surface area (Å²) < 4.78 is 15.0. The van der Waals surface area contributed by atoms with E-state index < -0.39 is 28.2 Å². The largest absolute Gasteiger partial charge is 0.461 e. The molecule has 0 bridgehead atoms. The van der Waals surface area contributed by atoms with E-state index in [-0.39, 0.29) is 36.4 Å². The van der Waals surface area contributed by atoms with Crippen LogP contribution in [0.5, 0.6) is 11.8 Å². The fourth-order valence-corrected chi connectivity index (χ4v) is 1.97. The zero-order valence-electron chi connectivity index (χ0n) is 14.5. The first-order valence-corrected chi connectivity index (χ1v) is 7.81. The fourth-order valence-electron chi connectivity index (χ4n) is 1.97. The minimum atomic E-state index is -0.966. The van der Waals surface area contributed by atoms with Crippen LogP contribution in [0.15, 0.2) is 24.3 Å². The van der Waals surface area contributed by atoms with Crippen LogP contribution < -0.4 is 10.5 Å². The zero-order chi connectivity index (χ0) is 20.0. The predicted octanol–water partition coefficient (Wildman–Crippen LogP) is 2.11. The van der Waals surface area contributed by atoms with Gasteiger partial charge in [-0.05, 0) is 19.9 Å². The third-order valence-corrected chi connectivity index (χ3v) is 3.09. The summed E-state index contributed by atoms with van der Waals surface area (Å²) in [6, 6.07) is 4.98. The van der Waals surface area contributed by atoms with E-state index in [1.165, 1.54) is 18.2 Å². The summed E-state index contributed by atoms with van der Waals surface area (Å²) in [5, 5.41) is 11.1. The first kappa shape index (κ1) is 19.6. The lowest BCUT2D eigenvalue weighted by Crippen LogP contribution is -2.12. The summed E-state index contributed by atoms with van der Waals surface area (Å²) in [4.78, 5) is 41.8. The van der Waals surface area contributed by atoms with Crippen LogP contribution >= 0.6 is 0 Å². The molecule has 0 radical (unpaired) electrons. The van der Waals surface area contributed by atoms with Gasteiger partial charge in [0.25, 0.3) is 0 Å². The number of hydrogen-bond acceptors (Lipinski definition) is 10. The molecule has 0 atom stereocenters. The van der Waals surface area contributed by atoms with Crippen molar-refractivity contribution in [3.8, 4) is 11.8 Å². The van der Waals surface area contributed by atoms with E-state index in [0.717, 1.165) is 6.07 Å². The summed E-state index contributed by atoms with van der Waals surface area (Å²) in [6.07, 6.45) is 0. The Hall–Kier alpha value is -3.76. The summed E-state index contributed by atoms with van der Waals surface area (Å²) in [7, 11) is 0. The van der Waals surface area contributed by atoms with E-state index >= 15 is 0 Å². The molecule has 2 aromatic heterocycles. The summed E-state index contributed by atoms with van der Waals surface area (Å²) >= 11 is 0. The number of anilines is 1. The van der Waals surface area contributed by atoms with Crippen molar-refractivity contribution in [3.63, 3.8) is 0 Å². The molecule has 0 aliphatic heterocycles. The molecule has 27 heavy (non-hydrogen) atoms. The van der Waals surface area contributed by atoms with Crippen molar-refractivity contribution in [1.82, 2.24) is 9.97 Å². The lowest BCUT2D eigenvalue weighted by atomic mass is 10.3. The third-order valence-electron chi connectivity index (χ3n) is 3.09. The molecule has 0 fully saturated rings. The number of ether oxygens (including phenoxy) is 3. The molecule has 0 saturated heterocycles. The molecule has 0 saturated carbocycles. The molecule has 142 valence electrons. The van der Waals surface area contributed by atoms with Crippen LogP contribution in [0.1, 0.15) is 34.8 Å². The first-order chi connectivity index (χ1) is 12.9. The van der Waals surface area contributed by atoms with Gasteiger partial charge < -0.3 is 19.9 Å². The van der Waals surface area contributed by atoms with Crippen molar-refractivity contribution in [2.45, 2.75) is 13.8 Å². The Morgan fingerprint density at radius 1 is 1.00 bits per heavy atom. The van der Waals surface area contributed by atoms with Crippen LogP contribution in [-0.4, -0.2) is 40.0 Å². The van der Waals surface area contributed by atoms with E-state index in [2.05, 4.69) is 9.97 Å². The van der Waals surface area contributed by atoms with Gasteiger partial charge in [-0.15, -0.1) is 0 Å². The molecule has 2 aromatic rings. The quantitative estimate of drug-likeness (QED) is 0.431. The molecule has 11 nitrogen and oxygen atoms in total. The average molecular weight is 376 g/mol. The smallest absolute Gasteiger partial charge is 0.364 e. The van der Waals surface area contributed by atoms with Crippen LogP contribution in [-0.2, 0) is 9.47 Å². The van der Waals surface area contributed by atoms with Crippen LogP contribution in [0, 0.1) is 10.1 Å². The molecule has 0 aliphatic rings. The minimum absolute atomic E-state index is 0.0190. The number of rotatable bonds is 7. The topological polar surface area (TPSA) is 157 Å². The van der Waals surface area contributed by atoms with Gasteiger partial charge in [0.2, 0.25) is 17.5 Å². The van der Waals surface area contributed by atoms with E-state index in [1.807, 2.05) is 0 Å². The van der Waals surface area contributed by atoms with E-state index in [1.54, 1.807) is 13.8 Å². The lowest BCUT2D eigenvalue weighted by molar-refractivity contribution is -0.385. The molecular formula is C16H16N4O7. The molecule has 0 unspecified atom stereocenters.